The van der Waals surface area contributed by atoms with E-state index in [4.69, 9.17) is 0 Å². The molecule has 0 bridgehead atoms. The zero-order valence-electron chi connectivity index (χ0n) is 42.3. The molecule has 0 radical (unpaired) electrons. The fourth-order valence-corrected chi connectivity index (χ4v) is 9.22. The van der Waals surface area contributed by atoms with Gasteiger partial charge in [0, 0.05) is 77.1 Å². The minimum atomic E-state index is -0.00165. The van der Waals surface area contributed by atoms with E-state index in [1.54, 1.807) is 0 Å². The molecular formula is C54H96N8O2. The molecule has 10 nitrogen and oxygen atoms in total. The molecule has 2 aliphatic carbocycles. The number of urea groups is 2. The average molecular weight is 889 g/mol. The number of amides is 4. The smallest absolute Gasteiger partial charge is 0.321 e. The van der Waals surface area contributed by atoms with Gasteiger partial charge in [-0.25, -0.2) is 9.59 Å². The van der Waals surface area contributed by atoms with Gasteiger partial charge < -0.3 is 40.9 Å². The molecule has 0 atom stereocenters. The van der Waals surface area contributed by atoms with Crippen LogP contribution in [-0.4, -0.2) is 102 Å². The molecule has 4 N–H and O–H groups in total. The Morgan fingerprint density at radius 1 is 0.453 bits per heavy atom. The van der Waals surface area contributed by atoms with E-state index in [-0.39, 0.29) is 12.1 Å². The Labute approximate surface area is 392 Å². The molecule has 2 saturated carbocycles. The molecule has 2 fully saturated rings. The van der Waals surface area contributed by atoms with Crippen molar-refractivity contribution in [2.75, 3.05) is 101 Å². The van der Waals surface area contributed by atoms with Crippen molar-refractivity contribution in [3.05, 3.63) is 48.5 Å². The summed E-state index contributed by atoms with van der Waals surface area (Å²) in [6.45, 7) is 17.1. The molecule has 0 aromatic heterocycles. The van der Waals surface area contributed by atoms with Crippen molar-refractivity contribution in [1.82, 2.24) is 20.4 Å². The summed E-state index contributed by atoms with van der Waals surface area (Å²) in [5, 5.41) is 13.6. The van der Waals surface area contributed by atoms with Crippen LogP contribution in [0.1, 0.15) is 156 Å². The Morgan fingerprint density at radius 2 is 0.766 bits per heavy atom. The van der Waals surface area contributed by atoms with Gasteiger partial charge >= 0.3 is 12.1 Å². The van der Waals surface area contributed by atoms with Gasteiger partial charge in [0.05, 0.1) is 0 Å². The summed E-state index contributed by atoms with van der Waals surface area (Å²) in [6.07, 6.45) is 24.9. The number of carbonyl (C=O) groups excluding carboxylic acids is 2. The minimum Gasteiger partial charge on any atom is -0.378 e. The monoisotopic (exact) mass is 889 g/mol. The predicted octanol–water partition coefficient (Wildman–Crippen LogP) is 12.7. The summed E-state index contributed by atoms with van der Waals surface area (Å²) in [6, 6.07) is 16.0. The van der Waals surface area contributed by atoms with Crippen LogP contribution in [0, 0.1) is 23.7 Å². The normalized spacial score (nSPS) is 18.4. The maximum atomic E-state index is 13.4. The summed E-state index contributed by atoms with van der Waals surface area (Å²) in [5.74, 6) is 2.89. The van der Waals surface area contributed by atoms with Gasteiger partial charge in [0.15, 0.2) is 0 Å². The standard InChI is InChI=1S/C36H58N6O2.C18H38N2/c1-7-9-11-25-41(35(43)37-31-17-21-33(22-18-31)39(3)4)27-29-13-15-30(16-14-29)28-42(26-12-10-8-2)36(44)38-32-19-23-34(24-20-32)40(5)6;1-3-5-7-13-19-15-17-9-11-18(12-10-17)16-20-14-8-6-4-2/h17-24,29-30H,7-16,25-28H2,1-6H3,(H,37,43)(H,38,44);17-20H,3-16H2,1-2H3. The van der Waals surface area contributed by atoms with Gasteiger partial charge in [0.1, 0.15) is 0 Å². The van der Waals surface area contributed by atoms with Crippen LogP contribution < -0.4 is 31.1 Å². The van der Waals surface area contributed by atoms with Crippen molar-refractivity contribution in [2.45, 2.75) is 156 Å². The number of nitrogens with one attached hydrogen (secondary N) is 4. The van der Waals surface area contributed by atoms with Gasteiger partial charge in [-0.05, 0) is 175 Å². The largest absolute Gasteiger partial charge is 0.378 e. The molecule has 0 spiro atoms. The second kappa shape index (κ2) is 33.0. The molecule has 4 amide bonds. The predicted molar refractivity (Wildman–Crippen MR) is 277 cm³/mol. The lowest BCUT2D eigenvalue weighted by Gasteiger charge is -2.35. The molecule has 0 heterocycles. The molecule has 0 aliphatic heterocycles. The maximum Gasteiger partial charge on any atom is 0.321 e. The molecule has 2 aromatic carbocycles. The molecule has 364 valence electrons. The van der Waals surface area contributed by atoms with Gasteiger partial charge in [0.2, 0.25) is 0 Å². The second-order valence-electron chi connectivity index (χ2n) is 19.6. The molecular weight excluding hydrogens is 793 g/mol. The molecule has 2 aromatic rings. The van der Waals surface area contributed by atoms with Crippen LogP contribution in [0.25, 0.3) is 0 Å². The summed E-state index contributed by atoms with van der Waals surface area (Å²) in [5.41, 5.74) is 3.89. The number of hydrogen-bond donors (Lipinski definition) is 4. The van der Waals surface area contributed by atoms with Crippen molar-refractivity contribution in [3.8, 4) is 0 Å². The molecule has 0 saturated heterocycles. The first-order valence-corrected chi connectivity index (χ1v) is 26.1. The van der Waals surface area contributed by atoms with Gasteiger partial charge in [-0.3, -0.25) is 0 Å². The Kier molecular flexibility index (Phi) is 28.3. The first-order valence-electron chi connectivity index (χ1n) is 26.1. The topological polar surface area (TPSA) is 95.2 Å². The highest BCUT2D eigenvalue weighted by Crippen LogP contribution is 2.31. The minimum absolute atomic E-state index is 0.00165. The Balaban J connectivity index is 0.000000454. The Bertz CT molecular complexity index is 1360. The molecule has 64 heavy (non-hydrogen) atoms. The Morgan fingerprint density at radius 3 is 1.08 bits per heavy atom. The van der Waals surface area contributed by atoms with Gasteiger partial charge in [-0.1, -0.05) is 79.1 Å². The van der Waals surface area contributed by atoms with E-state index in [0.29, 0.717) is 11.8 Å². The van der Waals surface area contributed by atoms with E-state index in [1.165, 1.54) is 90.4 Å². The van der Waals surface area contributed by atoms with Crippen LogP contribution in [0.15, 0.2) is 48.5 Å². The van der Waals surface area contributed by atoms with E-state index in [9.17, 15) is 9.59 Å². The van der Waals surface area contributed by atoms with Crippen molar-refractivity contribution >= 4 is 34.8 Å². The number of hydrogen-bond acceptors (Lipinski definition) is 6. The number of rotatable bonds is 28. The van der Waals surface area contributed by atoms with E-state index < -0.39 is 0 Å². The van der Waals surface area contributed by atoms with Gasteiger partial charge in [0.25, 0.3) is 0 Å². The zero-order chi connectivity index (χ0) is 46.4. The summed E-state index contributed by atoms with van der Waals surface area (Å²) < 4.78 is 0. The first-order chi connectivity index (χ1) is 31.1. The maximum absolute atomic E-state index is 13.4. The molecule has 2 aliphatic rings. The molecule has 4 rings (SSSR count). The van der Waals surface area contributed by atoms with Crippen LogP contribution in [-0.2, 0) is 0 Å². The quantitative estimate of drug-likeness (QED) is 0.0636. The van der Waals surface area contributed by atoms with Crippen molar-refractivity contribution in [2.24, 2.45) is 23.7 Å². The van der Waals surface area contributed by atoms with E-state index in [0.717, 1.165) is 125 Å². The second-order valence-corrected chi connectivity index (χ2v) is 19.6. The van der Waals surface area contributed by atoms with E-state index in [2.05, 4.69) is 58.8 Å². The fraction of sp³-hybridized carbons (Fsp3) is 0.741. The van der Waals surface area contributed by atoms with Crippen LogP contribution in [0.2, 0.25) is 0 Å². The van der Waals surface area contributed by atoms with Crippen LogP contribution in [0.5, 0.6) is 0 Å². The fourth-order valence-electron chi connectivity index (χ4n) is 9.22. The number of anilines is 4. The average Bonchev–Trinajstić information content (AvgIpc) is 3.30. The summed E-state index contributed by atoms with van der Waals surface area (Å²) in [7, 11) is 8.06. The molecule has 10 heteroatoms. The number of benzene rings is 2. The summed E-state index contributed by atoms with van der Waals surface area (Å²) >= 11 is 0. The lowest BCUT2D eigenvalue weighted by Crippen LogP contribution is -2.42. The van der Waals surface area contributed by atoms with E-state index >= 15 is 0 Å². The highest BCUT2D eigenvalue weighted by molar-refractivity contribution is 5.90. The Hall–Kier alpha value is -3.50. The summed E-state index contributed by atoms with van der Waals surface area (Å²) in [4.78, 5) is 34.9. The van der Waals surface area contributed by atoms with Gasteiger partial charge in [-0.2, -0.15) is 0 Å². The number of unbranched alkanes of at least 4 members (excludes halogenated alkanes) is 8. The highest BCUT2D eigenvalue weighted by Gasteiger charge is 2.28. The third-order valence-corrected chi connectivity index (χ3v) is 13.6. The number of carbonyl (C=O) groups is 2. The van der Waals surface area contributed by atoms with Crippen molar-refractivity contribution < 1.29 is 9.59 Å². The third kappa shape index (κ3) is 22.6. The van der Waals surface area contributed by atoms with Crippen molar-refractivity contribution in [3.63, 3.8) is 0 Å². The van der Waals surface area contributed by atoms with Crippen LogP contribution in [0.4, 0.5) is 32.3 Å². The van der Waals surface area contributed by atoms with Gasteiger partial charge in [-0.15, -0.1) is 0 Å². The van der Waals surface area contributed by atoms with Crippen molar-refractivity contribution in [1.29, 1.82) is 0 Å². The third-order valence-electron chi connectivity index (χ3n) is 13.6. The molecule has 0 unspecified atom stereocenters. The SMILES string of the molecule is CCCCCN(CC1CCC(CN(CCCCC)C(=O)Nc2ccc(N(C)C)cc2)CC1)C(=O)Nc1ccc(N(C)C)cc1.CCCCCNCC1CCC(CNCCCCC)CC1. The van der Waals surface area contributed by atoms with Crippen LogP contribution in [0.3, 0.4) is 0 Å². The van der Waals surface area contributed by atoms with E-state index in [1.807, 2.05) is 86.5 Å². The lowest BCUT2D eigenvalue weighted by molar-refractivity contribution is 0.159. The van der Waals surface area contributed by atoms with Crippen LogP contribution >= 0.6 is 0 Å². The first kappa shape index (κ1) is 54.8. The lowest BCUT2D eigenvalue weighted by atomic mass is 9.81. The highest BCUT2D eigenvalue weighted by atomic mass is 16.2. The zero-order valence-corrected chi connectivity index (χ0v) is 42.3. The number of nitrogens with zero attached hydrogens (tertiary/aromatic N) is 4.